The number of benzene rings is 1. The number of anilines is 3. The summed E-state index contributed by atoms with van der Waals surface area (Å²) in [5.41, 5.74) is 6.84. The van der Waals surface area contributed by atoms with Crippen LogP contribution in [-0.2, 0) is 0 Å². The molecule has 0 atom stereocenters. The molecule has 0 radical (unpaired) electrons. The average Bonchev–Trinajstić information content (AvgIpc) is 2.87. The highest BCUT2D eigenvalue weighted by atomic mass is 32.1. The van der Waals surface area contributed by atoms with Gasteiger partial charge in [-0.2, -0.15) is 9.36 Å². The number of rotatable bonds is 2. The number of piperazine rings is 1. The molecule has 0 unspecified atom stereocenters. The second-order valence-electron chi connectivity index (χ2n) is 4.24. The molecule has 0 bridgehead atoms. The highest BCUT2D eigenvalue weighted by Crippen LogP contribution is 2.22. The molecule has 1 aromatic carbocycles. The lowest BCUT2D eigenvalue weighted by atomic mass is 10.2. The number of nitrogens with zero attached hydrogens (tertiary/aromatic N) is 4. The molecule has 2 heterocycles. The first kappa shape index (κ1) is 11.3. The Kier molecular flexibility index (Phi) is 3.02. The topological polar surface area (TPSA) is 58.3 Å². The SMILES string of the molecule is Nc1nsc(N2CCN(c3ccccc3)CC2)n1. The van der Waals surface area contributed by atoms with E-state index >= 15 is 0 Å². The van der Waals surface area contributed by atoms with E-state index in [-0.39, 0.29) is 0 Å². The van der Waals surface area contributed by atoms with E-state index in [4.69, 9.17) is 5.73 Å². The number of nitrogen functional groups attached to an aromatic ring is 1. The van der Waals surface area contributed by atoms with Crippen LogP contribution in [0, 0.1) is 0 Å². The van der Waals surface area contributed by atoms with Crippen molar-refractivity contribution in [1.29, 1.82) is 0 Å². The van der Waals surface area contributed by atoms with Crippen LogP contribution in [0.25, 0.3) is 0 Å². The Balaban J connectivity index is 1.65. The zero-order chi connectivity index (χ0) is 12.4. The second-order valence-corrected chi connectivity index (χ2v) is 4.98. The quantitative estimate of drug-likeness (QED) is 0.886. The number of para-hydroxylation sites is 1. The van der Waals surface area contributed by atoms with E-state index in [0.29, 0.717) is 5.95 Å². The molecule has 0 saturated carbocycles. The number of nitrogens with two attached hydrogens (primary N) is 1. The normalized spacial score (nSPS) is 16.0. The maximum absolute atomic E-state index is 5.55. The molecule has 0 aliphatic carbocycles. The lowest BCUT2D eigenvalue weighted by molar-refractivity contribution is 0.652. The van der Waals surface area contributed by atoms with Gasteiger partial charge in [-0.1, -0.05) is 18.2 Å². The highest BCUT2D eigenvalue weighted by Gasteiger charge is 2.19. The molecule has 18 heavy (non-hydrogen) atoms. The van der Waals surface area contributed by atoms with Crippen LogP contribution in [0.2, 0.25) is 0 Å². The van der Waals surface area contributed by atoms with Crippen LogP contribution >= 0.6 is 11.5 Å². The van der Waals surface area contributed by atoms with Gasteiger partial charge in [-0.05, 0) is 12.1 Å². The number of hydrogen-bond donors (Lipinski definition) is 1. The predicted molar refractivity (Wildman–Crippen MR) is 75.2 cm³/mol. The molecule has 1 saturated heterocycles. The lowest BCUT2D eigenvalue weighted by Crippen LogP contribution is -2.46. The molecular formula is C12H15N5S. The minimum absolute atomic E-state index is 0.375. The zero-order valence-electron chi connectivity index (χ0n) is 9.99. The van der Waals surface area contributed by atoms with E-state index in [1.807, 2.05) is 6.07 Å². The van der Waals surface area contributed by atoms with Crippen LogP contribution < -0.4 is 15.5 Å². The first-order valence-electron chi connectivity index (χ1n) is 5.97. The van der Waals surface area contributed by atoms with Crippen LogP contribution in [0.3, 0.4) is 0 Å². The summed E-state index contributed by atoms with van der Waals surface area (Å²) in [7, 11) is 0. The van der Waals surface area contributed by atoms with Crippen LogP contribution in [0.4, 0.5) is 16.8 Å². The van der Waals surface area contributed by atoms with Gasteiger partial charge in [0, 0.05) is 43.4 Å². The van der Waals surface area contributed by atoms with Crippen LogP contribution in [0.1, 0.15) is 0 Å². The van der Waals surface area contributed by atoms with Gasteiger partial charge in [0.1, 0.15) is 0 Å². The van der Waals surface area contributed by atoms with Gasteiger partial charge < -0.3 is 15.5 Å². The van der Waals surface area contributed by atoms with Crippen molar-refractivity contribution in [3.05, 3.63) is 30.3 Å². The van der Waals surface area contributed by atoms with E-state index in [1.165, 1.54) is 17.2 Å². The van der Waals surface area contributed by atoms with Gasteiger partial charge in [-0.25, -0.2) is 0 Å². The molecule has 5 nitrogen and oxygen atoms in total. The van der Waals surface area contributed by atoms with Crippen molar-refractivity contribution in [2.24, 2.45) is 0 Å². The molecule has 3 rings (SSSR count). The molecular weight excluding hydrogens is 246 g/mol. The lowest BCUT2D eigenvalue weighted by Gasteiger charge is -2.35. The van der Waals surface area contributed by atoms with Crippen molar-refractivity contribution in [1.82, 2.24) is 9.36 Å². The Morgan fingerprint density at radius 1 is 1.00 bits per heavy atom. The third-order valence-corrected chi connectivity index (χ3v) is 3.89. The average molecular weight is 261 g/mol. The minimum atomic E-state index is 0.375. The number of aromatic nitrogens is 2. The molecule has 1 aliphatic rings. The summed E-state index contributed by atoms with van der Waals surface area (Å²) in [4.78, 5) is 8.86. The monoisotopic (exact) mass is 261 g/mol. The third-order valence-electron chi connectivity index (χ3n) is 3.10. The van der Waals surface area contributed by atoms with Gasteiger partial charge in [-0.15, -0.1) is 0 Å². The van der Waals surface area contributed by atoms with Crippen LogP contribution in [0.5, 0.6) is 0 Å². The summed E-state index contributed by atoms with van der Waals surface area (Å²) in [6, 6.07) is 10.5. The summed E-state index contributed by atoms with van der Waals surface area (Å²) in [6.07, 6.45) is 0. The molecule has 2 N–H and O–H groups in total. The van der Waals surface area contributed by atoms with Gasteiger partial charge in [0.05, 0.1) is 0 Å². The standard InChI is InChI=1S/C12H15N5S/c13-11-14-12(18-15-11)17-8-6-16(7-9-17)10-4-2-1-3-5-10/h1-5H,6-9H2,(H2,13,15). The van der Waals surface area contributed by atoms with E-state index in [9.17, 15) is 0 Å². The zero-order valence-corrected chi connectivity index (χ0v) is 10.8. The van der Waals surface area contributed by atoms with Gasteiger partial charge >= 0.3 is 0 Å². The molecule has 1 fully saturated rings. The molecule has 1 aliphatic heterocycles. The second kappa shape index (κ2) is 4.81. The summed E-state index contributed by atoms with van der Waals surface area (Å²) < 4.78 is 4.02. The fraction of sp³-hybridized carbons (Fsp3) is 0.333. The molecule has 0 spiro atoms. The maximum Gasteiger partial charge on any atom is 0.233 e. The van der Waals surface area contributed by atoms with Gasteiger partial charge in [-0.3, -0.25) is 0 Å². The van der Waals surface area contributed by atoms with Crippen molar-refractivity contribution in [2.75, 3.05) is 41.7 Å². The van der Waals surface area contributed by atoms with Crippen molar-refractivity contribution >= 4 is 28.3 Å². The van der Waals surface area contributed by atoms with Crippen LogP contribution in [0.15, 0.2) is 30.3 Å². The Hall–Kier alpha value is -1.82. The summed E-state index contributed by atoms with van der Waals surface area (Å²) >= 11 is 1.37. The maximum atomic E-state index is 5.55. The summed E-state index contributed by atoms with van der Waals surface area (Å²) in [5.74, 6) is 0.375. The first-order valence-corrected chi connectivity index (χ1v) is 6.74. The van der Waals surface area contributed by atoms with Crippen molar-refractivity contribution in [2.45, 2.75) is 0 Å². The van der Waals surface area contributed by atoms with E-state index < -0.39 is 0 Å². The fourth-order valence-electron chi connectivity index (χ4n) is 2.15. The smallest absolute Gasteiger partial charge is 0.233 e. The van der Waals surface area contributed by atoms with Gasteiger partial charge in [0.2, 0.25) is 11.1 Å². The number of hydrogen-bond acceptors (Lipinski definition) is 6. The highest BCUT2D eigenvalue weighted by molar-refractivity contribution is 7.09. The fourth-order valence-corrected chi connectivity index (χ4v) is 2.80. The minimum Gasteiger partial charge on any atom is -0.368 e. The molecule has 0 amide bonds. The van der Waals surface area contributed by atoms with Crippen molar-refractivity contribution < 1.29 is 0 Å². The van der Waals surface area contributed by atoms with E-state index in [2.05, 4.69) is 43.4 Å². The van der Waals surface area contributed by atoms with Crippen LogP contribution in [-0.4, -0.2) is 35.5 Å². The van der Waals surface area contributed by atoms with Gasteiger partial charge in [0.25, 0.3) is 0 Å². The molecule has 6 heteroatoms. The van der Waals surface area contributed by atoms with Crippen molar-refractivity contribution in [3.63, 3.8) is 0 Å². The molecule has 1 aromatic heterocycles. The Morgan fingerprint density at radius 3 is 2.28 bits per heavy atom. The summed E-state index contributed by atoms with van der Waals surface area (Å²) in [5, 5.41) is 0.931. The molecule has 94 valence electrons. The Labute approximate surface area is 110 Å². The first-order chi connectivity index (χ1) is 8.83. The van der Waals surface area contributed by atoms with Crippen molar-refractivity contribution in [3.8, 4) is 0 Å². The summed E-state index contributed by atoms with van der Waals surface area (Å²) in [6.45, 7) is 3.93. The van der Waals surface area contributed by atoms with E-state index in [0.717, 1.165) is 31.3 Å². The third kappa shape index (κ3) is 2.24. The Morgan fingerprint density at radius 2 is 1.67 bits per heavy atom. The largest absolute Gasteiger partial charge is 0.368 e. The van der Waals surface area contributed by atoms with Gasteiger partial charge in [0.15, 0.2) is 0 Å². The Bertz CT molecular complexity index is 504. The molecule has 2 aromatic rings. The predicted octanol–water partition coefficient (Wildman–Crippen LogP) is 1.45. The van der Waals surface area contributed by atoms with E-state index in [1.54, 1.807) is 0 Å².